The van der Waals surface area contributed by atoms with Crippen LogP contribution in [0.2, 0.25) is 0 Å². The molecule has 0 radical (unpaired) electrons. The average Bonchev–Trinajstić information content (AvgIpc) is 3.22. The van der Waals surface area contributed by atoms with Gasteiger partial charge in [-0.3, -0.25) is 4.99 Å². The quantitative estimate of drug-likeness (QED) is 0.335. The SMILES string of the molecule is CN=C(NCCOc1ccc(C(F)(F)F)cn1)NCc1coc(-c2ccc(C)cc2)n1. The van der Waals surface area contributed by atoms with E-state index < -0.39 is 11.7 Å². The van der Waals surface area contributed by atoms with Crippen LogP contribution in [0.4, 0.5) is 13.2 Å². The van der Waals surface area contributed by atoms with Crippen molar-refractivity contribution >= 4 is 5.96 Å². The lowest BCUT2D eigenvalue weighted by atomic mass is 10.1. The zero-order valence-electron chi connectivity index (χ0n) is 17.0. The highest BCUT2D eigenvalue weighted by Crippen LogP contribution is 2.29. The number of hydrogen-bond donors (Lipinski definition) is 2. The first-order valence-electron chi connectivity index (χ1n) is 9.47. The third-order valence-corrected chi connectivity index (χ3v) is 4.22. The average molecular weight is 433 g/mol. The fourth-order valence-electron chi connectivity index (χ4n) is 2.57. The van der Waals surface area contributed by atoms with Crippen molar-refractivity contribution in [3.8, 4) is 17.3 Å². The Balaban J connectivity index is 1.41. The van der Waals surface area contributed by atoms with E-state index in [4.69, 9.17) is 9.15 Å². The molecule has 0 spiro atoms. The molecule has 0 amide bonds. The number of pyridine rings is 1. The van der Waals surface area contributed by atoms with Crippen LogP contribution < -0.4 is 15.4 Å². The molecule has 0 atom stereocenters. The van der Waals surface area contributed by atoms with E-state index in [-0.39, 0.29) is 12.5 Å². The van der Waals surface area contributed by atoms with Gasteiger partial charge in [-0.05, 0) is 25.1 Å². The summed E-state index contributed by atoms with van der Waals surface area (Å²) >= 11 is 0. The minimum absolute atomic E-state index is 0.115. The number of nitrogens with one attached hydrogen (secondary N) is 2. The van der Waals surface area contributed by atoms with Crippen molar-refractivity contribution in [1.82, 2.24) is 20.6 Å². The lowest BCUT2D eigenvalue weighted by molar-refractivity contribution is -0.137. The number of aryl methyl sites for hydroxylation is 1. The van der Waals surface area contributed by atoms with E-state index in [1.165, 1.54) is 6.07 Å². The van der Waals surface area contributed by atoms with E-state index in [9.17, 15) is 13.2 Å². The van der Waals surface area contributed by atoms with Crippen LogP contribution in [0.15, 0.2) is 58.3 Å². The van der Waals surface area contributed by atoms with Crippen LogP contribution >= 0.6 is 0 Å². The molecule has 10 heteroatoms. The number of nitrogens with zero attached hydrogens (tertiary/aromatic N) is 3. The molecular formula is C21H22F3N5O2. The number of aromatic nitrogens is 2. The number of hydrogen-bond acceptors (Lipinski definition) is 5. The van der Waals surface area contributed by atoms with Gasteiger partial charge in [0.05, 0.1) is 24.3 Å². The number of alkyl halides is 3. The number of benzene rings is 1. The number of guanidine groups is 1. The van der Waals surface area contributed by atoms with Crippen molar-refractivity contribution in [2.45, 2.75) is 19.6 Å². The summed E-state index contributed by atoms with van der Waals surface area (Å²) in [6, 6.07) is 10.00. The van der Waals surface area contributed by atoms with Crippen LogP contribution in [0.5, 0.6) is 5.88 Å². The first-order chi connectivity index (χ1) is 14.8. The van der Waals surface area contributed by atoms with Crippen LogP contribution in [0.25, 0.3) is 11.5 Å². The second-order valence-corrected chi connectivity index (χ2v) is 6.59. The molecule has 164 valence electrons. The molecule has 7 nitrogen and oxygen atoms in total. The maximum atomic E-state index is 12.5. The Labute approximate surface area is 177 Å². The van der Waals surface area contributed by atoms with E-state index in [0.717, 1.165) is 23.4 Å². The first kappa shape index (κ1) is 22.1. The van der Waals surface area contributed by atoms with Gasteiger partial charge in [-0.1, -0.05) is 17.7 Å². The van der Waals surface area contributed by atoms with Crippen LogP contribution in [0.1, 0.15) is 16.8 Å². The summed E-state index contributed by atoms with van der Waals surface area (Å²) < 4.78 is 48.5. The van der Waals surface area contributed by atoms with Crippen molar-refractivity contribution in [2.24, 2.45) is 4.99 Å². The molecule has 3 rings (SSSR count). The second-order valence-electron chi connectivity index (χ2n) is 6.59. The summed E-state index contributed by atoms with van der Waals surface area (Å²) in [6.07, 6.45) is -2.10. The molecule has 0 aliphatic rings. The molecule has 31 heavy (non-hydrogen) atoms. The molecule has 0 aliphatic carbocycles. The number of aliphatic imine (C=N–C) groups is 1. The van der Waals surface area contributed by atoms with E-state index in [0.29, 0.717) is 30.6 Å². The topological polar surface area (TPSA) is 84.6 Å². The molecular weight excluding hydrogens is 411 g/mol. The van der Waals surface area contributed by atoms with Gasteiger partial charge < -0.3 is 19.8 Å². The molecule has 0 fully saturated rings. The van der Waals surface area contributed by atoms with Crippen molar-refractivity contribution in [2.75, 3.05) is 20.2 Å². The van der Waals surface area contributed by atoms with Gasteiger partial charge in [0.2, 0.25) is 11.8 Å². The van der Waals surface area contributed by atoms with E-state index in [1.807, 2.05) is 31.2 Å². The summed E-state index contributed by atoms with van der Waals surface area (Å²) in [5.74, 6) is 1.17. The third-order valence-electron chi connectivity index (χ3n) is 4.22. The lowest BCUT2D eigenvalue weighted by Gasteiger charge is -2.11. The van der Waals surface area contributed by atoms with Crippen LogP contribution in [-0.4, -0.2) is 36.1 Å². The normalized spacial score (nSPS) is 12.0. The highest BCUT2D eigenvalue weighted by Gasteiger charge is 2.30. The summed E-state index contributed by atoms with van der Waals surface area (Å²) in [5.41, 5.74) is 1.95. The minimum atomic E-state index is -4.42. The Kier molecular flexibility index (Phi) is 7.11. The number of oxazole rings is 1. The number of rotatable bonds is 7. The standard InChI is InChI=1S/C21H22F3N5O2/c1-14-3-5-15(6-4-14)19-29-17(13-31-19)12-28-20(25-2)26-9-10-30-18-8-7-16(11-27-18)21(22,23)24/h3-8,11,13H,9-10,12H2,1-2H3,(H2,25,26,28). The van der Waals surface area contributed by atoms with Crippen LogP contribution in [-0.2, 0) is 12.7 Å². The maximum Gasteiger partial charge on any atom is 0.417 e. The van der Waals surface area contributed by atoms with Gasteiger partial charge in [-0.15, -0.1) is 0 Å². The first-order valence-corrected chi connectivity index (χ1v) is 9.47. The zero-order chi connectivity index (χ0) is 22.3. The lowest BCUT2D eigenvalue weighted by Crippen LogP contribution is -2.39. The second kappa shape index (κ2) is 9.96. The van der Waals surface area contributed by atoms with E-state index >= 15 is 0 Å². The van der Waals surface area contributed by atoms with Gasteiger partial charge in [0.25, 0.3) is 0 Å². The molecule has 3 aromatic rings. The fourth-order valence-corrected chi connectivity index (χ4v) is 2.57. The molecule has 0 aliphatic heterocycles. The molecule has 0 unspecified atom stereocenters. The Bertz CT molecular complexity index is 999. The van der Waals surface area contributed by atoms with E-state index in [2.05, 4.69) is 25.6 Å². The Morgan fingerprint density at radius 1 is 1.13 bits per heavy atom. The van der Waals surface area contributed by atoms with Gasteiger partial charge in [0.1, 0.15) is 12.9 Å². The van der Waals surface area contributed by atoms with Gasteiger partial charge >= 0.3 is 6.18 Å². The van der Waals surface area contributed by atoms with Crippen LogP contribution in [0.3, 0.4) is 0 Å². The monoisotopic (exact) mass is 433 g/mol. The predicted octanol–water partition coefficient (Wildman–Crippen LogP) is 3.81. The van der Waals surface area contributed by atoms with Gasteiger partial charge in [0.15, 0.2) is 5.96 Å². The largest absolute Gasteiger partial charge is 0.476 e. The summed E-state index contributed by atoms with van der Waals surface area (Å²) in [6.45, 7) is 2.98. The number of ether oxygens (including phenoxy) is 1. The van der Waals surface area contributed by atoms with Crippen molar-refractivity contribution in [3.63, 3.8) is 0 Å². The highest BCUT2D eigenvalue weighted by molar-refractivity contribution is 5.79. The fraction of sp³-hybridized carbons (Fsp3) is 0.286. The molecule has 0 saturated carbocycles. The zero-order valence-corrected chi connectivity index (χ0v) is 17.0. The maximum absolute atomic E-state index is 12.5. The minimum Gasteiger partial charge on any atom is -0.476 e. The smallest absolute Gasteiger partial charge is 0.417 e. The Morgan fingerprint density at radius 2 is 1.90 bits per heavy atom. The molecule has 0 saturated heterocycles. The third kappa shape index (κ3) is 6.46. The summed E-state index contributed by atoms with van der Waals surface area (Å²) in [5, 5.41) is 6.14. The van der Waals surface area contributed by atoms with Crippen molar-refractivity contribution < 1.29 is 22.3 Å². The number of halogens is 3. The molecule has 1 aromatic carbocycles. The van der Waals surface area contributed by atoms with Crippen molar-refractivity contribution in [3.05, 3.63) is 65.7 Å². The van der Waals surface area contributed by atoms with Gasteiger partial charge in [0, 0.05) is 24.9 Å². The molecule has 2 heterocycles. The highest BCUT2D eigenvalue weighted by atomic mass is 19.4. The summed E-state index contributed by atoms with van der Waals surface area (Å²) in [7, 11) is 1.62. The van der Waals surface area contributed by atoms with Gasteiger partial charge in [-0.25, -0.2) is 9.97 Å². The van der Waals surface area contributed by atoms with E-state index in [1.54, 1.807) is 13.3 Å². The molecule has 2 aromatic heterocycles. The van der Waals surface area contributed by atoms with Crippen LogP contribution in [0, 0.1) is 6.92 Å². The van der Waals surface area contributed by atoms with Gasteiger partial charge in [-0.2, -0.15) is 13.2 Å². The predicted molar refractivity (Wildman–Crippen MR) is 110 cm³/mol. The molecule has 0 bridgehead atoms. The Hall–Kier alpha value is -3.56. The molecule has 2 N–H and O–H groups in total. The Morgan fingerprint density at radius 3 is 2.55 bits per heavy atom. The van der Waals surface area contributed by atoms with Crippen molar-refractivity contribution in [1.29, 1.82) is 0 Å². The summed E-state index contributed by atoms with van der Waals surface area (Å²) in [4.78, 5) is 12.2.